The molecule has 0 saturated carbocycles. The molecule has 7 nitrogen and oxygen atoms in total. The number of nitrogens with one attached hydrogen (secondary N) is 1. The molecule has 0 aromatic heterocycles. The molecule has 2 aliphatic rings. The van der Waals surface area contributed by atoms with E-state index in [4.69, 9.17) is 0 Å². The minimum Gasteiger partial charge on any atom is -0.366 e. The first-order chi connectivity index (χ1) is 13.1. The quantitative estimate of drug-likeness (QED) is 0.484. The van der Waals surface area contributed by atoms with Gasteiger partial charge in [0.1, 0.15) is 5.82 Å². The summed E-state index contributed by atoms with van der Waals surface area (Å²) in [6, 6.07) is 6.81. The molecule has 1 N–H and O–H groups in total. The molecule has 27 heavy (non-hydrogen) atoms. The smallest absolute Gasteiger partial charge is 0.229 e. The molecule has 0 aliphatic carbocycles. The molecule has 0 spiro atoms. The van der Waals surface area contributed by atoms with E-state index in [1.165, 1.54) is 11.0 Å². The highest BCUT2D eigenvalue weighted by Crippen LogP contribution is 2.20. The average Bonchev–Trinajstić information content (AvgIpc) is 2.68. The Balaban J connectivity index is 1.48. The maximum atomic E-state index is 14.0. The molecule has 2 aliphatic heterocycles. The summed E-state index contributed by atoms with van der Waals surface area (Å²) in [6.45, 7) is 3.66. The van der Waals surface area contributed by atoms with Crippen molar-refractivity contribution in [3.05, 3.63) is 30.1 Å². The number of rotatable bonds is 4. The standard InChI is InChI=1S/C19H26FN5O2/c1-21-19(22-9-10-25-17(26)7-4-8-18(25)27)24-13-11-23(12-14-24)16-6-3-2-5-15(16)20/h2-3,5-6H,4,7-14H2,1H3,(H,21,22). The number of guanidine groups is 1. The number of carbonyl (C=O) groups is 2. The van der Waals surface area contributed by atoms with E-state index in [9.17, 15) is 14.0 Å². The lowest BCUT2D eigenvalue weighted by molar-refractivity contribution is -0.147. The van der Waals surface area contributed by atoms with E-state index < -0.39 is 0 Å². The zero-order valence-electron chi connectivity index (χ0n) is 15.7. The van der Waals surface area contributed by atoms with Crippen LogP contribution in [0.3, 0.4) is 0 Å². The van der Waals surface area contributed by atoms with Crippen LogP contribution in [-0.4, -0.2) is 73.9 Å². The molecule has 146 valence electrons. The number of anilines is 1. The number of amides is 2. The number of likely N-dealkylation sites (tertiary alicyclic amines) is 1. The molecule has 8 heteroatoms. The lowest BCUT2D eigenvalue weighted by atomic mass is 10.1. The molecule has 2 amide bonds. The number of hydrogen-bond donors (Lipinski definition) is 1. The van der Waals surface area contributed by atoms with Crippen LogP contribution >= 0.6 is 0 Å². The second-order valence-corrected chi connectivity index (χ2v) is 6.69. The minimum atomic E-state index is -0.204. The molecule has 2 saturated heterocycles. The molecule has 0 unspecified atom stereocenters. The highest BCUT2D eigenvalue weighted by Gasteiger charge is 2.26. The molecular weight excluding hydrogens is 349 g/mol. The van der Waals surface area contributed by atoms with Crippen molar-refractivity contribution < 1.29 is 14.0 Å². The second-order valence-electron chi connectivity index (χ2n) is 6.69. The Morgan fingerprint density at radius 1 is 1.11 bits per heavy atom. The van der Waals surface area contributed by atoms with Gasteiger partial charge in [-0.1, -0.05) is 12.1 Å². The number of nitrogens with zero attached hydrogens (tertiary/aromatic N) is 4. The highest BCUT2D eigenvalue weighted by atomic mass is 19.1. The molecule has 0 radical (unpaired) electrons. The summed E-state index contributed by atoms with van der Waals surface area (Å²) in [6.07, 6.45) is 1.53. The van der Waals surface area contributed by atoms with Crippen LogP contribution in [0.4, 0.5) is 10.1 Å². The Hall–Kier alpha value is -2.64. The third-order valence-electron chi connectivity index (χ3n) is 4.99. The van der Waals surface area contributed by atoms with Crippen LogP contribution < -0.4 is 10.2 Å². The summed E-state index contributed by atoms with van der Waals surface area (Å²) in [4.78, 5) is 33.5. The monoisotopic (exact) mass is 375 g/mol. The molecule has 2 fully saturated rings. The number of carbonyl (C=O) groups excluding carboxylic acids is 2. The third kappa shape index (κ3) is 4.56. The number of para-hydroxylation sites is 1. The number of benzene rings is 1. The van der Waals surface area contributed by atoms with Gasteiger partial charge in [-0.15, -0.1) is 0 Å². The van der Waals surface area contributed by atoms with Gasteiger partial charge < -0.3 is 15.1 Å². The SMILES string of the molecule is CN=C(NCCN1C(=O)CCCC1=O)N1CCN(c2ccccc2F)CC1. The number of aliphatic imine (C=N–C) groups is 1. The van der Waals surface area contributed by atoms with Crippen molar-refractivity contribution in [3.63, 3.8) is 0 Å². The van der Waals surface area contributed by atoms with Crippen LogP contribution in [0.1, 0.15) is 19.3 Å². The van der Waals surface area contributed by atoms with Gasteiger partial charge in [-0.05, 0) is 18.6 Å². The van der Waals surface area contributed by atoms with Gasteiger partial charge in [-0.3, -0.25) is 19.5 Å². The van der Waals surface area contributed by atoms with Crippen LogP contribution in [0.15, 0.2) is 29.3 Å². The van der Waals surface area contributed by atoms with Crippen LogP contribution in [0.5, 0.6) is 0 Å². The van der Waals surface area contributed by atoms with Gasteiger partial charge in [0.25, 0.3) is 0 Å². The fourth-order valence-corrected chi connectivity index (χ4v) is 3.53. The summed E-state index contributed by atoms with van der Waals surface area (Å²) in [7, 11) is 1.71. The third-order valence-corrected chi connectivity index (χ3v) is 4.99. The Labute approximate surface area is 158 Å². The largest absolute Gasteiger partial charge is 0.366 e. The molecule has 1 aromatic rings. The average molecular weight is 375 g/mol. The van der Waals surface area contributed by atoms with Gasteiger partial charge >= 0.3 is 0 Å². The Bertz CT molecular complexity index is 700. The fraction of sp³-hybridized carbons (Fsp3) is 0.526. The molecule has 2 heterocycles. The second kappa shape index (κ2) is 8.83. The Kier molecular flexibility index (Phi) is 6.26. The van der Waals surface area contributed by atoms with E-state index in [0.29, 0.717) is 51.1 Å². The number of piperazine rings is 1. The fourth-order valence-electron chi connectivity index (χ4n) is 3.53. The van der Waals surface area contributed by atoms with Crippen molar-refractivity contribution in [1.82, 2.24) is 15.1 Å². The predicted octanol–water partition coefficient (Wildman–Crippen LogP) is 1.06. The Morgan fingerprint density at radius 3 is 2.41 bits per heavy atom. The van der Waals surface area contributed by atoms with E-state index >= 15 is 0 Å². The van der Waals surface area contributed by atoms with Crippen LogP contribution in [-0.2, 0) is 9.59 Å². The number of piperidine rings is 1. The summed E-state index contributed by atoms with van der Waals surface area (Å²) in [5, 5.41) is 3.23. The first-order valence-corrected chi connectivity index (χ1v) is 9.38. The molecule has 3 rings (SSSR count). The van der Waals surface area contributed by atoms with Gasteiger partial charge in [-0.25, -0.2) is 4.39 Å². The van der Waals surface area contributed by atoms with Crippen LogP contribution in [0.25, 0.3) is 0 Å². The van der Waals surface area contributed by atoms with E-state index in [2.05, 4.69) is 15.2 Å². The molecule has 0 atom stereocenters. The number of imide groups is 1. The van der Waals surface area contributed by atoms with Crippen molar-refractivity contribution in [3.8, 4) is 0 Å². The van der Waals surface area contributed by atoms with Crippen LogP contribution in [0, 0.1) is 5.82 Å². The van der Waals surface area contributed by atoms with Gasteiger partial charge in [-0.2, -0.15) is 0 Å². The maximum absolute atomic E-state index is 14.0. The predicted molar refractivity (Wildman–Crippen MR) is 102 cm³/mol. The van der Waals surface area contributed by atoms with Gasteiger partial charge in [0.2, 0.25) is 11.8 Å². The van der Waals surface area contributed by atoms with Gasteiger partial charge in [0.05, 0.1) is 5.69 Å². The summed E-state index contributed by atoms with van der Waals surface area (Å²) in [5.74, 6) is 0.340. The maximum Gasteiger partial charge on any atom is 0.229 e. The number of halogens is 1. The van der Waals surface area contributed by atoms with Crippen LogP contribution in [0.2, 0.25) is 0 Å². The van der Waals surface area contributed by atoms with E-state index in [-0.39, 0.29) is 17.6 Å². The lowest BCUT2D eigenvalue weighted by Gasteiger charge is -2.38. The topological polar surface area (TPSA) is 68.2 Å². The van der Waals surface area contributed by atoms with Gasteiger partial charge in [0.15, 0.2) is 5.96 Å². The Morgan fingerprint density at radius 2 is 1.78 bits per heavy atom. The van der Waals surface area contributed by atoms with Crippen molar-refractivity contribution in [1.29, 1.82) is 0 Å². The zero-order chi connectivity index (χ0) is 19.2. The molecule has 0 bridgehead atoms. The van der Waals surface area contributed by atoms with Crippen molar-refractivity contribution >= 4 is 23.5 Å². The first-order valence-electron chi connectivity index (χ1n) is 9.38. The van der Waals surface area contributed by atoms with E-state index in [1.807, 2.05) is 11.0 Å². The zero-order valence-corrected chi connectivity index (χ0v) is 15.7. The first kappa shape index (κ1) is 19.1. The minimum absolute atomic E-state index is 0.0958. The normalized spacial score (nSPS) is 18.9. The summed E-state index contributed by atoms with van der Waals surface area (Å²) < 4.78 is 14.0. The molecule has 1 aromatic carbocycles. The van der Waals surface area contributed by atoms with E-state index in [1.54, 1.807) is 19.2 Å². The van der Waals surface area contributed by atoms with Gasteiger partial charge in [0, 0.05) is 59.2 Å². The summed E-state index contributed by atoms with van der Waals surface area (Å²) in [5.41, 5.74) is 0.627. The summed E-state index contributed by atoms with van der Waals surface area (Å²) >= 11 is 0. The van der Waals surface area contributed by atoms with E-state index in [0.717, 1.165) is 19.0 Å². The lowest BCUT2D eigenvalue weighted by Crippen LogP contribution is -2.54. The number of hydrogen-bond acceptors (Lipinski definition) is 4. The van der Waals surface area contributed by atoms with Crippen molar-refractivity contribution in [2.24, 2.45) is 4.99 Å². The van der Waals surface area contributed by atoms with Crippen molar-refractivity contribution in [2.45, 2.75) is 19.3 Å². The highest BCUT2D eigenvalue weighted by molar-refractivity contribution is 5.97. The molecular formula is C19H26FN5O2. The van der Waals surface area contributed by atoms with Crippen molar-refractivity contribution in [2.75, 3.05) is 51.2 Å².